The summed E-state index contributed by atoms with van der Waals surface area (Å²) in [5, 5.41) is 0.963. The molecule has 1 N–H and O–H groups in total. The molecule has 0 amide bonds. The Morgan fingerprint density at radius 3 is 2.91 bits per heavy atom. The van der Waals surface area contributed by atoms with Crippen molar-refractivity contribution in [1.82, 2.24) is 14.5 Å². The zero-order valence-corrected chi connectivity index (χ0v) is 13.0. The van der Waals surface area contributed by atoms with Crippen LogP contribution in [-0.4, -0.2) is 27.1 Å². The summed E-state index contributed by atoms with van der Waals surface area (Å²) in [4.78, 5) is 31.0. The first kappa shape index (κ1) is 15.0. The van der Waals surface area contributed by atoms with Gasteiger partial charge in [0.25, 0.3) is 5.56 Å². The number of nitrogens with one attached hydrogen (secondary N) is 1. The third kappa shape index (κ3) is 2.88. The number of hydrogen-bond acceptors (Lipinski definition) is 4. The number of benzene rings is 1. The van der Waals surface area contributed by atoms with Crippen LogP contribution in [0.3, 0.4) is 0 Å². The third-order valence-electron chi connectivity index (χ3n) is 3.74. The van der Waals surface area contributed by atoms with E-state index in [1.807, 2.05) is 30.3 Å². The number of H-pyrrole nitrogens is 1. The number of pyridine rings is 1. The van der Waals surface area contributed by atoms with Crippen LogP contribution in [0.2, 0.25) is 0 Å². The molecular formula is C17H17N3O3. The molecule has 6 nitrogen and oxygen atoms in total. The Morgan fingerprint density at radius 1 is 1.35 bits per heavy atom. The molecule has 0 aliphatic rings. The lowest BCUT2D eigenvalue weighted by Crippen LogP contribution is -2.16. The van der Waals surface area contributed by atoms with Crippen molar-refractivity contribution < 1.29 is 9.53 Å². The van der Waals surface area contributed by atoms with Crippen molar-refractivity contribution in [2.45, 2.75) is 20.4 Å². The first-order valence-corrected chi connectivity index (χ1v) is 7.40. The summed E-state index contributed by atoms with van der Waals surface area (Å²) >= 11 is 0. The fraction of sp³-hybridized carbons (Fsp3) is 0.235. The number of nitrogens with zero attached hydrogens (tertiary/aromatic N) is 2. The molecule has 0 saturated carbocycles. The lowest BCUT2D eigenvalue weighted by molar-refractivity contribution is 0.0519. The molecule has 0 spiro atoms. The zero-order chi connectivity index (χ0) is 16.4. The van der Waals surface area contributed by atoms with Gasteiger partial charge in [-0.15, -0.1) is 0 Å². The average Bonchev–Trinajstić information content (AvgIpc) is 2.89. The Labute approximate surface area is 132 Å². The minimum absolute atomic E-state index is 0.144. The second-order valence-corrected chi connectivity index (χ2v) is 5.24. The number of fused-ring (bicyclic) bond motifs is 1. The van der Waals surface area contributed by atoms with Gasteiger partial charge in [0.2, 0.25) is 0 Å². The molecule has 0 fully saturated rings. The number of carbonyl (C=O) groups is 1. The molecule has 118 valence electrons. The standard InChI is InChI=1S/C17H17N3O3/c1-3-23-17(22)15-11(2)20(10-18-15)9-13-8-12-6-4-5-7-14(12)19-16(13)21/h4-8,10H,3,9H2,1-2H3,(H,19,21). The lowest BCUT2D eigenvalue weighted by Gasteiger charge is -2.07. The number of rotatable bonds is 4. The molecule has 0 radical (unpaired) electrons. The number of hydrogen-bond donors (Lipinski definition) is 1. The topological polar surface area (TPSA) is 77.0 Å². The summed E-state index contributed by atoms with van der Waals surface area (Å²) in [6, 6.07) is 9.47. The van der Waals surface area contributed by atoms with Gasteiger partial charge in [-0.3, -0.25) is 4.79 Å². The third-order valence-corrected chi connectivity index (χ3v) is 3.74. The Bertz CT molecular complexity index is 924. The molecule has 3 rings (SSSR count). The minimum atomic E-state index is -0.448. The van der Waals surface area contributed by atoms with Crippen molar-refractivity contribution in [2.75, 3.05) is 6.61 Å². The maximum Gasteiger partial charge on any atom is 0.358 e. The lowest BCUT2D eigenvalue weighted by atomic mass is 10.1. The van der Waals surface area contributed by atoms with Gasteiger partial charge in [-0.25, -0.2) is 9.78 Å². The van der Waals surface area contributed by atoms with Crippen molar-refractivity contribution in [1.29, 1.82) is 0 Å². The van der Waals surface area contributed by atoms with E-state index in [9.17, 15) is 9.59 Å². The van der Waals surface area contributed by atoms with Crippen LogP contribution < -0.4 is 5.56 Å². The van der Waals surface area contributed by atoms with Gasteiger partial charge in [-0.05, 0) is 31.4 Å². The van der Waals surface area contributed by atoms with Gasteiger partial charge in [-0.1, -0.05) is 18.2 Å². The molecule has 0 bridgehead atoms. The number of para-hydroxylation sites is 1. The summed E-state index contributed by atoms with van der Waals surface area (Å²) in [5.74, 6) is -0.448. The largest absolute Gasteiger partial charge is 0.461 e. The van der Waals surface area contributed by atoms with Crippen molar-refractivity contribution in [3.63, 3.8) is 0 Å². The SMILES string of the molecule is CCOC(=O)c1ncn(Cc2cc3ccccc3[nH]c2=O)c1C. The second kappa shape index (κ2) is 6.08. The fourth-order valence-electron chi connectivity index (χ4n) is 2.50. The van der Waals surface area contributed by atoms with Crippen LogP contribution in [0.1, 0.15) is 28.7 Å². The molecule has 0 atom stereocenters. The predicted octanol–water partition coefficient (Wildman–Crippen LogP) is 2.26. The van der Waals surface area contributed by atoms with Gasteiger partial charge < -0.3 is 14.3 Å². The van der Waals surface area contributed by atoms with Gasteiger partial charge in [0.05, 0.1) is 19.5 Å². The fourth-order valence-corrected chi connectivity index (χ4v) is 2.50. The van der Waals surface area contributed by atoms with E-state index in [4.69, 9.17) is 4.74 Å². The molecule has 0 aliphatic heterocycles. The zero-order valence-electron chi connectivity index (χ0n) is 13.0. The summed E-state index contributed by atoms with van der Waals surface area (Å²) in [5.41, 5.74) is 2.23. The number of imidazole rings is 1. The smallest absolute Gasteiger partial charge is 0.358 e. The van der Waals surface area contributed by atoms with E-state index in [-0.39, 0.29) is 11.3 Å². The Kier molecular flexibility index (Phi) is 3.97. The van der Waals surface area contributed by atoms with Crippen molar-refractivity contribution in [3.8, 4) is 0 Å². The molecule has 0 saturated heterocycles. The van der Waals surface area contributed by atoms with Crippen LogP contribution in [0.25, 0.3) is 10.9 Å². The van der Waals surface area contributed by atoms with E-state index >= 15 is 0 Å². The molecule has 23 heavy (non-hydrogen) atoms. The van der Waals surface area contributed by atoms with Crippen molar-refractivity contribution in [2.24, 2.45) is 0 Å². The Hall–Kier alpha value is -2.89. The normalized spacial score (nSPS) is 10.9. The van der Waals surface area contributed by atoms with Crippen LogP contribution in [0, 0.1) is 6.92 Å². The number of aromatic nitrogens is 3. The van der Waals surface area contributed by atoms with Crippen LogP contribution >= 0.6 is 0 Å². The average molecular weight is 311 g/mol. The van der Waals surface area contributed by atoms with E-state index in [0.717, 1.165) is 10.9 Å². The van der Waals surface area contributed by atoms with Gasteiger partial charge in [0.15, 0.2) is 5.69 Å². The van der Waals surface area contributed by atoms with Gasteiger partial charge in [0.1, 0.15) is 0 Å². The molecule has 6 heteroatoms. The maximum atomic E-state index is 12.2. The van der Waals surface area contributed by atoms with Crippen molar-refractivity contribution in [3.05, 3.63) is 64.0 Å². The van der Waals surface area contributed by atoms with Gasteiger partial charge >= 0.3 is 5.97 Å². The highest BCUT2D eigenvalue weighted by Gasteiger charge is 2.16. The highest BCUT2D eigenvalue weighted by Crippen LogP contribution is 2.13. The number of carbonyl (C=O) groups excluding carboxylic acids is 1. The van der Waals surface area contributed by atoms with Crippen LogP contribution in [-0.2, 0) is 11.3 Å². The van der Waals surface area contributed by atoms with E-state index in [1.165, 1.54) is 0 Å². The Balaban J connectivity index is 1.95. The molecule has 3 aromatic rings. The van der Waals surface area contributed by atoms with E-state index in [1.54, 1.807) is 24.7 Å². The summed E-state index contributed by atoms with van der Waals surface area (Å²) in [6.07, 6.45) is 1.55. The minimum Gasteiger partial charge on any atom is -0.461 e. The van der Waals surface area contributed by atoms with E-state index < -0.39 is 5.97 Å². The molecule has 1 aromatic carbocycles. The summed E-state index contributed by atoms with van der Waals surface area (Å²) in [6.45, 7) is 4.18. The van der Waals surface area contributed by atoms with Crippen molar-refractivity contribution >= 4 is 16.9 Å². The monoisotopic (exact) mass is 311 g/mol. The molecule has 0 unspecified atom stereocenters. The Morgan fingerprint density at radius 2 is 2.13 bits per heavy atom. The van der Waals surface area contributed by atoms with Crippen LogP contribution in [0.15, 0.2) is 41.5 Å². The van der Waals surface area contributed by atoms with Gasteiger partial charge in [0, 0.05) is 16.8 Å². The highest BCUT2D eigenvalue weighted by molar-refractivity contribution is 5.88. The second-order valence-electron chi connectivity index (χ2n) is 5.24. The number of esters is 1. The molecular weight excluding hydrogens is 294 g/mol. The highest BCUT2D eigenvalue weighted by atomic mass is 16.5. The van der Waals surface area contributed by atoms with E-state index in [2.05, 4.69) is 9.97 Å². The first-order chi connectivity index (χ1) is 11.1. The quantitative estimate of drug-likeness (QED) is 0.750. The summed E-state index contributed by atoms with van der Waals surface area (Å²) in [7, 11) is 0. The van der Waals surface area contributed by atoms with Gasteiger partial charge in [-0.2, -0.15) is 0 Å². The van der Waals surface area contributed by atoms with E-state index in [0.29, 0.717) is 24.4 Å². The number of ether oxygens (including phenoxy) is 1. The molecule has 2 heterocycles. The maximum absolute atomic E-state index is 12.2. The number of aromatic amines is 1. The molecule has 0 aliphatic carbocycles. The predicted molar refractivity (Wildman–Crippen MR) is 86.6 cm³/mol. The summed E-state index contributed by atoms with van der Waals surface area (Å²) < 4.78 is 6.74. The van der Waals surface area contributed by atoms with Crippen LogP contribution in [0.5, 0.6) is 0 Å². The first-order valence-electron chi connectivity index (χ1n) is 7.40. The molecule has 2 aromatic heterocycles. The van der Waals surface area contributed by atoms with Crippen LogP contribution in [0.4, 0.5) is 0 Å².